The molecular weight excluding hydrogens is 605 g/mol. The monoisotopic (exact) mass is 627 g/mol. The van der Waals surface area contributed by atoms with E-state index in [9.17, 15) is 18.8 Å². The van der Waals surface area contributed by atoms with Crippen molar-refractivity contribution in [3.8, 4) is 11.3 Å². The maximum absolute atomic E-state index is 13.9. The van der Waals surface area contributed by atoms with Crippen LogP contribution in [0.25, 0.3) is 17.4 Å². The van der Waals surface area contributed by atoms with Crippen molar-refractivity contribution >= 4 is 46.6 Å². The van der Waals surface area contributed by atoms with Crippen molar-refractivity contribution < 1.29 is 23.1 Å². The number of benzene rings is 3. The summed E-state index contributed by atoms with van der Waals surface area (Å²) < 4.78 is 26.5. The molecule has 1 aliphatic heterocycles. The Balaban J connectivity index is 1.44. The Labute approximate surface area is 259 Å². The van der Waals surface area contributed by atoms with E-state index < -0.39 is 29.3 Å². The summed E-state index contributed by atoms with van der Waals surface area (Å²) in [5.41, 5.74) is 2.12. The quantitative estimate of drug-likeness (QED) is 0.243. The lowest BCUT2D eigenvalue weighted by Gasteiger charge is -2.25. The van der Waals surface area contributed by atoms with Gasteiger partial charge in [0, 0.05) is 22.3 Å². The number of nitrogens with zero attached hydrogens (tertiary/aromatic N) is 2. The van der Waals surface area contributed by atoms with Crippen LogP contribution >= 0.6 is 22.9 Å². The van der Waals surface area contributed by atoms with Crippen LogP contribution in [0.1, 0.15) is 34.6 Å². The molecule has 0 bridgehead atoms. The molecule has 1 amide bonds. The molecule has 0 radical (unpaired) electrons. The van der Waals surface area contributed by atoms with Gasteiger partial charge in [-0.2, -0.15) is 0 Å². The highest BCUT2D eigenvalue weighted by Crippen LogP contribution is 2.32. The predicted molar refractivity (Wildman–Crippen MR) is 166 cm³/mol. The molecule has 6 rings (SSSR count). The van der Waals surface area contributed by atoms with E-state index in [0.29, 0.717) is 48.4 Å². The van der Waals surface area contributed by atoms with Crippen LogP contribution in [-0.2, 0) is 9.53 Å². The Morgan fingerprint density at radius 1 is 1.07 bits per heavy atom. The number of methoxy groups -OCH3 is 1. The number of carbonyl (C=O) groups excluding carboxylic acids is 2. The second-order valence-corrected chi connectivity index (χ2v) is 11.3. The van der Waals surface area contributed by atoms with Crippen molar-refractivity contribution in [1.82, 2.24) is 4.57 Å². The van der Waals surface area contributed by atoms with Crippen LogP contribution in [0.4, 0.5) is 10.1 Å². The zero-order chi connectivity index (χ0) is 31.0. The molecule has 3 aromatic carbocycles. The average Bonchev–Trinajstić information content (AvgIpc) is 3.61. The van der Waals surface area contributed by atoms with Gasteiger partial charge in [-0.3, -0.25) is 14.2 Å². The van der Waals surface area contributed by atoms with E-state index in [0.717, 1.165) is 11.3 Å². The average molecular weight is 628 g/mol. The number of para-hydroxylation sites is 1. The highest BCUT2D eigenvalue weighted by molar-refractivity contribution is 7.07. The molecule has 0 spiro atoms. The van der Waals surface area contributed by atoms with Gasteiger partial charge in [0.05, 0.1) is 34.5 Å². The number of halogens is 2. The van der Waals surface area contributed by atoms with Crippen LogP contribution in [0.2, 0.25) is 5.02 Å². The smallest absolute Gasteiger partial charge is 0.338 e. The molecular formula is C33H23ClFN3O5S. The second kappa shape index (κ2) is 11.9. The van der Waals surface area contributed by atoms with E-state index in [-0.39, 0.29) is 11.1 Å². The number of amides is 1. The number of nitrogens with one attached hydrogen (secondary N) is 1. The van der Waals surface area contributed by atoms with Crippen molar-refractivity contribution in [2.45, 2.75) is 13.0 Å². The zero-order valence-electron chi connectivity index (χ0n) is 23.3. The molecule has 0 aliphatic carbocycles. The van der Waals surface area contributed by atoms with E-state index in [4.69, 9.17) is 20.8 Å². The zero-order valence-corrected chi connectivity index (χ0v) is 24.9. The summed E-state index contributed by atoms with van der Waals surface area (Å²) in [5, 5.41) is 3.29. The summed E-state index contributed by atoms with van der Waals surface area (Å²) in [6, 6.07) is 21.8. The molecule has 1 aliphatic rings. The molecule has 0 fully saturated rings. The third-order valence-electron chi connectivity index (χ3n) is 7.04. The van der Waals surface area contributed by atoms with Gasteiger partial charge in [0.25, 0.3) is 11.5 Å². The summed E-state index contributed by atoms with van der Waals surface area (Å²) in [4.78, 5) is 44.9. The van der Waals surface area contributed by atoms with Crippen molar-refractivity contribution in [3.63, 3.8) is 0 Å². The number of thiazole rings is 1. The standard InChI is InChI=1S/C33H23ClFN3O5S/c1-18-28(30(39)37-22-6-4-3-5-7-22)29(19-8-11-21(35)12-9-19)38-31(40)27(44-33(38)36-18)17-23-13-15-26(43-23)25-16-20(34)10-14-24(25)32(41)42-2/h3-17,29H,1-2H3,(H,37,39)/b27-17+/t29-/m1/s1. The largest absolute Gasteiger partial charge is 0.465 e. The highest BCUT2D eigenvalue weighted by Gasteiger charge is 2.32. The minimum Gasteiger partial charge on any atom is -0.465 e. The van der Waals surface area contributed by atoms with Crippen LogP contribution in [0.15, 0.2) is 110 Å². The fourth-order valence-electron chi connectivity index (χ4n) is 5.00. The molecule has 0 saturated heterocycles. The molecule has 44 heavy (non-hydrogen) atoms. The first-order valence-corrected chi connectivity index (χ1v) is 14.6. The number of hydrogen-bond donors (Lipinski definition) is 1. The fraction of sp³-hybridized carbons (Fsp3) is 0.0909. The van der Waals surface area contributed by atoms with Gasteiger partial charge in [0.15, 0.2) is 4.80 Å². The van der Waals surface area contributed by atoms with Gasteiger partial charge in [-0.25, -0.2) is 14.2 Å². The minimum absolute atomic E-state index is 0.260. The van der Waals surface area contributed by atoms with Crippen molar-refractivity contribution in [2.24, 2.45) is 4.99 Å². The molecule has 11 heteroatoms. The molecule has 3 heterocycles. The number of anilines is 1. The Morgan fingerprint density at radius 2 is 1.82 bits per heavy atom. The van der Waals surface area contributed by atoms with E-state index in [1.165, 1.54) is 23.8 Å². The van der Waals surface area contributed by atoms with E-state index >= 15 is 0 Å². The van der Waals surface area contributed by atoms with Crippen molar-refractivity contribution in [3.05, 3.63) is 144 Å². The first kappa shape index (κ1) is 29.0. The van der Waals surface area contributed by atoms with E-state index in [1.807, 2.05) is 6.07 Å². The second-order valence-electron chi connectivity index (χ2n) is 9.84. The normalized spacial score (nSPS) is 14.6. The number of fused-ring (bicyclic) bond motifs is 1. The van der Waals surface area contributed by atoms with E-state index in [2.05, 4.69) is 10.3 Å². The number of rotatable bonds is 6. The first-order chi connectivity index (χ1) is 21.2. The fourth-order valence-corrected chi connectivity index (χ4v) is 6.20. The molecule has 0 unspecified atom stereocenters. The number of esters is 1. The predicted octanol–water partition coefficient (Wildman–Crippen LogP) is 5.71. The lowest BCUT2D eigenvalue weighted by atomic mass is 9.95. The Hall–Kier alpha value is -5.06. The van der Waals surface area contributed by atoms with Gasteiger partial charge in [0.1, 0.15) is 17.3 Å². The number of hydrogen-bond acceptors (Lipinski definition) is 7. The summed E-state index contributed by atoms with van der Waals surface area (Å²) >= 11 is 7.32. The highest BCUT2D eigenvalue weighted by atomic mass is 35.5. The number of aromatic nitrogens is 1. The molecule has 5 aromatic rings. The Morgan fingerprint density at radius 3 is 2.55 bits per heavy atom. The molecule has 220 valence electrons. The molecule has 0 saturated carbocycles. The SMILES string of the molecule is COC(=O)c1ccc(Cl)cc1-c1ccc(/C=c2/sc3n(c2=O)[C@H](c2ccc(F)cc2)C(C(=O)Nc2ccccc2)=C(C)N=3)o1. The minimum atomic E-state index is -0.862. The van der Waals surface area contributed by atoms with E-state index in [1.54, 1.807) is 79.7 Å². The lowest BCUT2D eigenvalue weighted by molar-refractivity contribution is -0.113. The summed E-state index contributed by atoms with van der Waals surface area (Å²) in [7, 11) is 1.28. The van der Waals surface area contributed by atoms with Gasteiger partial charge in [-0.05, 0) is 67.1 Å². The van der Waals surface area contributed by atoms with Gasteiger partial charge >= 0.3 is 5.97 Å². The Bertz CT molecular complexity index is 2130. The van der Waals surface area contributed by atoms with Crippen LogP contribution in [0, 0.1) is 5.82 Å². The maximum Gasteiger partial charge on any atom is 0.338 e. The summed E-state index contributed by atoms with van der Waals surface area (Å²) in [5.74, 6) is -0.726. The summed E-state index contributed by atoms with van der Waals surface area (Å²) in [6.45, 7) is 1.70. The molecule has 1 N–H and O–H groups in total. The summed E-state index contributed by atoms with van der Waals surface area (Å²) in [6.07, 6.45) is 1.57. The number of allylic oxidation sites excluding steroid dienone is 1. The van der Waals surface area contributed by atoms with Crippen LogP contribution in [-0.4, -0.2) is 23.6 Å². The van der Waals surface area contributed by atoms with Crippen molar-refractivity contribution in [2.75, 3.05) is 12.4 Å². The third kappa shape index (κ3) is 5.52. The third-order valence-corrected chi connectivity index (χ3v) is 8.25. The van der Waals surface area contributed by atoms with Crippen molar-refractivity contribution in [1.29, 1.82) is 0 Å². The number of carbonyl (C=O) groups is 2. The topological polar surface area (TPSA) is 103 Å². The molecule has 8 nitrogen and oxygen atoms in total. The number of ether oxygens (including phenoxy) is 1. The molecule has 1 atom stereocenters. The lowest BCUT2D eigenvalue weighted by Crippen LogP contribution is -2.40. The van der Waals surface area contributed by atoms with Gasteiger partial charge in [-0.1, -0.05) is 53.3 Å². The van der Waals surface area contributed by atoms with Gasteiger partial charge < -0.3 is 14.5 Å². The number of furan rings is 1. The molecule has 2 aromatic heterocycles. The first-order valence-electron chi connectivity index (χ1n) is 13.4. The van der Waals surface area contributed by atoms with Gasteiger partial charge in [0.2, 0.25) is 0 Å². The maximum atomic E-state index is 13.9. The Kier molecular flexibility index (Phi) is 7.86. The van der Waals surface area contributed by atoms with Crippen LogP contribution in [0.3, 0.4) is 0 Å². The van der Waals surface area contributed by atoms with Crippen LogP contribution < -0.4 is 20.2 Å². The van der Waals surface area contributed by atoms with Gasteiger partial charge in [-0.15, -0.1) is 0 Å². The van der Waals surface area contributed by atoms with Crippen LogP contribution in [0.5, 0.6) is 0 Å².